The van der Waals surface area contributed by atoms with Gasteiger partial charge in [-0.05, 0) is 22.9 Å². The van der Waals surface area contributed by atoms with E-state index in [2.05, 4.69) is 41.6 Å². The van der Waals surface area contributed by atoms with Crippen LogP contribution in [0.3, 0.4) is 0 Å². The van der Waals surface area contributed by atoms with Crippen molar-refractivity contribution in [3.8, 4) is 0 Å². The minimum atomic E-state index is 0.573. The second-order valence-electron chi connectivity index (χ2n) is 3.45. The number of tetrazole rings is 1. The summed E-state index contributed by atoms with van der Waals surface area (Å²) >= 11 is 0. The smallest absolute Gasteiger partial charge is 0.165 e. The fraction of sp³-hybridized carbons (Fsp3) is 0.875. The van der Waals surface area contributed by atoms with E-state index in [1.54, 1.807) is 0 Å². The van der Waals surface area contributed by atoms with Crippen molar-refractivity contribution in [2.24, 2.45) is 5.92 Å². The first-order valence-corrected chi connectivity index (χ1v) is 4.69. The highest BCUT2D eigenvalue weighted by atomic mass is 15.5. The van der Waals surface area contributed by atoms with Gasteiger partial charge in [0.25, 0.3) is 0 Å². The minimum absolute atomic E-state index is 0.573. The Bertz CT molecular complexity index is 242. The topological polar surface area (TPSA) is 55.6 Å². The molecular weight excluding hydrogens is 166 g/mol. The molecule has 0 saturated heterocycles. The molecule has 13 heavy (non-hydrogen) atoms. The fourth-order valence-electron chi connectivity index (χ4n) is 1.07. The summed E-state index contributed by atoms with van der Waals surface area (Å²) < 4.78 is 1.85. The normalized spacial score (nSPS) is 11.1. The molecule has 0 aliphatic carbocycles. The van der Waals surface area contributed by atoms with Gasteiger partial charge in [-0.25, -0.2) is 4.68 Å². The summed E-state index contributed by atoms with van der Waals surface area (Å²) in [5.74, 6) is 1.49. The summed E-state index contributed by atoms with van der Waals surface area (Å²) in [6.07, 6.45) is 0. The van der Waals surface area contributed by atoms with E-state index in [-0.39, 0.29) is 0 Å². The second kappa shape index (κ2) is 4.91. The van der Waals surface area contributed by atoms with E-state index in [1.807, 2.05) is 4.68 Å². The summed E-state index contributed by atoms with van der Waals surface area (Å²) in [5, 5.41) is 14.7. The van der Waals surface area contributed by atoms with Crippen molar-refractivity contribution in [3.05, 3.63) is 5.82 Å². The molecule has 74 valence electrons. The van der Waals surface area contributed by atoms with Gasteiger partial charge in [-0.2, -0.15) is 0 Å². The van der Waals surface area contributed by atoms with Crippen LogP contribution in [0.4, 0.5) is 0 Å². The second-order valence-corrected chi connectivity index (χ2v) is 3.45. The molecule has 1 rings (SSSR count). The lowest BCUT2D eigenvalue weighted by Gasteiger charge is -2.06. The molecule has 1 N–H and O–H groups in total. The maximum absolute atomic E-state index is 3.95. The molecule has 0 spiro atoms. The molecular formula is C8H17N5. The zero-order chi connectivity index (χ0) is 9.68. The van der Waals surface area contributed by atoms with Crippen molar-refractivity contribution in [1.82, 2.24) is 25.5 Å². The van der Waals surface area contributed by atoms with Crippen molar-refractivity contribution in [2.75, 3.05) is 6.54 Å². The Labute approximate surface area is 78.5 Å². The molecule has 5 nitrogen and oxygen atoms in total. The first-order chi connectivity index (χ1) is 6.24. The van der Waals surface area contributed by atoms with E-state index >= 15 is 0 Å². The third-order valence-corrected chi connectivity index (χ3v) is 1.68. The average molecular weight is 183 g/mol. The predicted molar refractivity (Wildman–Crippen MR) is 50.0 cm³/mol. The number of nitrogens with one attached hydrogen (secondary N) is 1. The Morgan fingerprint density at radius 1 is 1.46 bits per heavy atom. The molecule has 1 aromatic heterocycles. The molecule has 0 unspecified atom stereocenters. The van der Waals surface area contributed by atoms with Gasteiger partial charge in [-0.15, -0.1) is 5.10 Å². The largest absolute Gasteiger partial charge is 0.310 e. The summed E-state index contributed by atoms with van der Waals surface area (Å²) in [5.41, 5.74) is 0. The summed E-state index contributed by atoms with van der Waals surface area (Å²) in [6, 6.07) is 0. The molecule has 1 aromatic rings. The quantitative estimate of drug-likeness (QED) is 0.719. The van der Waals surface area contributed by atoms with E-state index in [1.165, 1.54) is 0 Å². The Hall–Kier alpha value is -0.970. The summed E-state index contributed by atoms with van der Waals surface area (Å²) in [7, 11) is 0. The maximum Gasteiger partial charge on any atom is 0.165 e. The molecule has 5 heteroatoms. The van der Waals surface area contributed by atoms with Crippen molar-refractivity contribution in [1.29, 1.82) is 0 Å². The molecule has 0 atom stereocenters. The van der Waals surface area contributed by atoms with Crippen LogP contribution in [0, 0.1) is 5.92 Å². The first-order valence-electron chi connectivity index (χ1n) is 4.69. The lowest BCUT2D eigenvalue weighted by atomic mass is 10.2. The van der Waals surface area contributed by atoms with Gasteiger partial charge >= 0.3 is 0 Å². The molecule has 0 bridgehead atoms. The number of nitrogens with zero attached hydrogens (tertiary/aromatic N) is 4. The third kappa shape index (κ3) is 3.10. The lowest BCUT2D eigenvalue weighted by molar-refractivity contribution is 0.452. The van der Waals surface area contributed by atoms with Gasteiger partial charge in [0.15, 0.2) is 5.82 Å². The maximum atomic E-state index is 3.95. The molecule has 0 saturated carbocycles. The first kappa shape index (κ1) is 10.1. The van der Waals surface area contributed by atoms with Crippen molar-refractivity contribution in [2.45, 2.75) is 33.9 Å². The van der Waals surface area contributed by atoms with Crippen LogP contribution in [-0.4, -0.2) is 26.8 Å². The highest BCUT2D eigenvalue weighted by Crippen LogP contribution is 1.99. The van der Waals surface area contributed by atoms with Crippen molar-refractivity contribution < 1.29 is 0 Å². The van der Waals surface area contributed by atoms with Crippen LogP contribution in [0.15, 0.2) is 0 Å². The predicted octanol–water partition coefficient (Wildman–Crippen LogP) is 0.439. The van der Waals surface area contributed by atoms with Crippen LogP contribution < -0.4 is 5.32 Å². The standard InChI is InChI=1S/C8H17N5/c1-4-9-5-8-10-11-12-13(8)6-7(2)3/h7,9H,4-6H2,1-3H3. The van der Waals surface area contributed by atoms with Gasteiger partial charge in [0.2, 0.25) is 0 Å². The molecule has 0 aliphatic rings. The van der Waals surface area contributed by atoms with Crippen LogP contribution in [0.2, 0.25) is 0 Å². The Morgan fingerprint density at radius 3 is 2.85 bits per heavy atom. The minimum Gasteiger partial charge on any atom is -0.310 e. The van der Waals surface area contributed by atoms with Crippen LogP contribution >= 0.6 is 0 Å². The highest BCUT2D eigenvalue weighted by Gasteiger charge is 2.05. The van der Waals surface area contributed by atoms with Gasteiger partial charge in [0, 0.05) is 6.54 Å². The lowest BCUT2D eigenvalue weighted by Crippen LogP contribution is -2.18. The van der Waals surface area contributed by atoms with E-state index in [9.17, 15) is 0 Å². The van der Waals surface area contributed by atoms with Gasteiger partial charge < -0.3 is 5.32 Å². The molecule has 0 radical (unpaired) electrons. The summed E-state index contributed by atoms with van der Waals surface area (Å²) in [4.78, 5) is 0. The van der Waals surface area contributed by atoms with Gasteiger partial charge in [0.05, 0.1) is 6.54 Å². The molecule has 0 fully saturated rings. The van der Waals surface area contributed by atoms with Crippen LogP contribution in [0.25, 0.3) is 0 Å². The summed E-state index contributed by atoms with van der Waals surface area (Å²) in [6.45, 7) is 8.94. The third-order valence-electron chi connectivity index (χ3n) is 1.68. The molecule has 0 amide bonds. The van der Waals surface area contributed by atoms with Crippen LogP contribution in [0.5, 0.6) is 0 Å². The fourth-order valence-corrected chi connectivity index (χ4v) is 1.07. The number of aromatic nitrogens is 4. The monoisotopic (exact) mass is 183 g/mol. The van der Waals surface area contributed by atoms with Crippen molar-refractivity contribution >= 4 is 0 Å². The number of hydrogen-bond donors (Lipinski definition) is 1. The zero-order valence-electron chi connectivity index (χ0n) is 8.49. The number of rotatable bonds is 5. The SMILES string of the molecule is CCNCc1nnnn1CC(C)C. The van der Waals surface area contributed by atoms with Gasteiger partial charge in [-0.1, -0.05) is 20.8 Å². The van der Waals surface area contributed by atoms with Crippen molar-refractivity contribution in [3.63, 3.8) is 0 Å². The van der Waals surface area contributed by atoms with E-state index < -0.39 is 0 Å². The van der Waals surface area contributed by atoms with E-state index in [0.717, 1.165) is 25.5 Å². The number of hydrogen-bond acceptors (Lipinski definition) is 4. The Balaban J connectivity index is 2.55. The van der Waals surface area contributed by atoms with Gasteiger partial charge in [0.1, 0.15) is 0 Å². The Kier molecular flexibility index (Phi) is 3.82. The molecule has 0 aliphatic heterocycles. The Morgan fingerprint density at radius 2 is 2.23 bits per heavy atom. The van der Waals surface area contributed by atoms with E-state index in [0.29, 0.717) is 5.92 Å². The van der Waals surface area contributed by atoms with Crippen LogP contribution in [0.1, 0.15) is 26.6 Å². The average Bonchev–Trinajstić information content (AvgIpc) is 2.48. The van der Waals surface area contributed by atoms with Crippen LogP contribution in [-0.2, 0) is 13.1 Å². The van der Waals surface area contributed by atoms with Gasteiger partial charge in [-0.3, -0.25) is 0 Å². The molecule has 1 heterocycles. The highest BCUT2D eigenvalue weighted by molar-refractivity contribution is 4.79. The van der Waals surface area contributed by atoms with E-state index in [4.69, 9.17) is 0 Å². The molecule has 0 aromatic carbocycles. The zero-order valence-corrected chi connectivity index (χ0v) is 8.49.